The van der Waals surface area contributed by atoms with Gasteiger partial charge in [-0.2, -0.15) is 4.72 Å². The van der Waals surface area contributed by atoms with E-state index in [2.05, 4.69) is 10.0 Å². The summed E-state index contributed by atoms with van der Waals surface area (Å²) in [4.78, 5) is 13.2. The van der Waals surface area contributed by atoms with E-state index < -0.39 is 16.1 Å². The van der Waals surface area contributed by atoms with Gasteiger partial charge in [0.15, 0.2) is 0 Å². The van der Waals surface area contributed by atoms with Crippen molar-refractivity contribution in [1.82, 2.24) is 4.72 Å². The van der Waals surface area contributed by atoms with E-state index in [-0.39, 0.29) is 16.7 Å². The summed E-state index contributed by atoms with van der Waals surface area (Å²) in [5.41, 5.74) is 4.36. The Bertz CT molecular complexity index is 1240. The highest BCUT2D eigenvalue weighted by Crippen LogP contribution is 2.31. The Hall–Kier alpha value is -2.61. The minimum absolute atomic E-state index is 0.102. The molecule has 2 N–H and O–H groups in total. The van der Waals surface area contributed by atoms with Crippen LogP contribution in [-0.4, -0.2) is 20.6 Å². The van der Waals surface area contributed by atoms with Gasteiger partial charge in [-0.25, -0.2) is 8.42 Å². The number of hydrogen-bond donors (Lipinski definition) is 2. The van der Waals surface area contributed by atoms with E-state index in [4.69, 9.17) is 0 Å². The number of nitrogens with one attached hydrogen (secondary N) is 2. The number of benzene rings is 3. The number of sulfonamides is 1. The molecule has 0 aliphatic heterocycles. The lowest BCUT2D eigenvalue weighted by atomic mass is 9.95. The molecular formula is C26H30N2O3S2. The van der Waals surface area contributed by atoms with Gasteiger partial charge in [0, 0.05) is 10.8 Å². The van der Waals surface area contributed by atoms with Crippen molar-refractivity contribution in [3.05, 3.63) is 89.0 Å². The molecule has 3 rings (SSSR count). The first-order valence-electron chi connectivity index (χ1n) is 10.8. The predicted octanol–water partition coefficient (Wildman–Crippen LogP) is 5.69. The highest BCUT2D eigenvalue weighted by atomic mass is 32.2. The van der Waals surface area contributed by atoms with Crippen molar-refractivity contribution < 1.29 is 13.2 Å². The molecule has 174 valence electrons. The summed E-state index contributed by atoms with van der Waals surface area (Å²) in [7, 11) is -3.90. The van der Waals surface area contributed by atoms with Crippen LogP contribution in [0.3, 0.4) is 0 Å². The van der Waals surface area contributed by atoms with Gasteiger partial charge in [0.1, 0.15) is 0 Å². The number of hydrogen-bond acceptors (Lipinski definition) is 4. The summed E-state index contributed by atoms with van der Waals surface area (Å²) in [5, 5.41) is 2.85. The summed E-state index contributed by atoms with van der Waals surface area (Å²) in [6.07, 6.45) is 1.89. The van der Waals surface area contributed by atoms with Gasteiger partial charge in [-0.3, -0.25) is 4.79 Å². The second kappa shape index (κ2) is 10.5. The van der Waals surface area contributed by atoms with E-state index in [0.717, 1.165) is 27.1 Å². The molecule has 0 radical (unpaired) electrons. The molecule has 1 atom stereocenters. The van der Waals surface area contributed by atoms with Gasteiger partial charge in [0.25, 0.3) is 0 Å². The summed E-state index contributed by atoms with van der Waals surface area (Å²) in [6.45, 7) is 7.59. The average molecular weight is 483 g/mol. The zero-order valence-electron chi connectivity index (χ0n) is 19.5. The molecule has 0 aromatic heterocycles. The Balaban J connectivity index is 2.03. The largest absolute Gasteiger partial charge is 0.325 e. The van der Waals surface area contributed by atoms with Crippen molar-refractivity contribution in [3.8, 4) is 0 Å². The Kier molecular flexibility index (Phi) is 8.00. The van der Waals surface area contributed by atoms with Gasteiger partial charge in [-0.1, -0.05) is 67.9 Å². The molecule has 0 spiro atoms. The average Bonchev–Trinajstić information content (AvgIpc) is 2.78. The maximum Gasteiger partial charge on any atom is 0.241 e. The number of anilines is 1. The van der Waals surface area contributed by atoms with Gasteiger partial charge in [-0.05, 0) is 55.0 Å². The third kappa shape index (κ3) is 6.05. The van der Waals surface area contributed by atoms with Crippen LogP contribution >= 0.6 is 11.8 Å². The molecule has 0 saturated carbocycles. The van der Waals surface area contributed by atoms with Crippen LogP contribution in [0.1, 0.15) is 42.1 Å². The molecule has 3 aromatic carbocycles. The van der Waals surface area contributed by atoms with E-state index >= 15 is 0 Å². The van der Waals surface area contributed by atoms with Crippen molar-refractivity contribution in [3.63, 3.8) is 0 Å². The van der Waals surface area contributed by atoms with E-state index in [1.807, 2.05) is 68.6 Å². The lowest BCUT2D eigenvalue weighted by Gasteiger charge is -2.22. The first-order chi connectivity index (χ1) is 15.6. The van der Waals surface area contributed by atoms with Gasteiger partial charge >= 0.3 is 0 Å². The molecule has 0 aliphatic carbocycles. The summed E-state index contributed by atoms with van der Waals surface area (Å²) in [6, 6.07) is 19.8. The molecule has 1 amide bonds. The highest BCUT2D eigenvalue weighted by Gasteiger charge is 2.25. The number of aryl methyl sites for hydroxylation is 2. The number of rotatable bonds is 8. The Morgan fingerprint density at radius 3 is 2.24 bits per heavy atom. The summed E-state index contributed by atoms with van der Waals surface area (Å²) in [5.74, 6) is -0.379. The molecule has 0 aliphatic rings. The van der Waals surface area contributed by atoms with E-state index in [9.17, 15) is 13.2 Å². The van der Waals surface area contributed by atoms with Crippen LogP contribution in [0.5, 0.6) is 0 Å². The summed E-state index contributed by atoms with van der Waals surface area (Å²) < 4.78 is 29.9. The molecule has 0 unspecified atom stereocenters. The number of carbonyl (C=O) groups excluding carboxylic acids is 1. The fourth-order valence-electron chi connectivity index (χ4n) is 3.56. The molecular weight excluding hydrogens is 452 g/mol. The van der Waals surface area contributed by atoms with Crippen LogP contribution in [0.4, 0.5) is 5.69 Å². The van der Waals surface area contributed by atoms with Crippen LogP contribution in [0.25, 0.3) is 0 Å². The molecule has 0 bridgehead atoms. The summed E-state index contributed by atoms with van der Waals surface area (Å²) >= 11 is 1.45. The molecule has 0 saturated heterocycles. The Labute approximate surface area is 201 Å². The lowest BCUT2D eigenvalue weighted by molar-refractivity contribution is -0.118. The standard InChI is InChI=1S/C26H30N2O3S2/c1-17(2)26(29)27-23-16-21(12-14-24(23)32-5)33(30,31)28-25(20-9-7-6-8-10-20)22-13-11-18(3)15-19(22)4/h6-17,25,28H,1-5H3,(H,27,29)/t25-/m1/s1. The minimum Gasteiger partial charge on any atom is -0.325 e. The first-order valence-corrected chi connectivity index (χ1v) is 13.5. The van der Waals surface area contributed by atoms with E-state index in [0.29, 0.717) is 5.69 Å². The van der Waals surface area contributed by atoms with Crippen molar-refractivity contribution in [2.24, 2.45) is 5.92 Å². The second-order valence-electron chi connectivity index (χ2n) is 8.33. The monoisotopic (exact) mass is 482 g/mol. The topological polar surface area (TPSA) is 75.3 Å². The van der Waals surface area contributed by atoms with E-state index in [1.165, 1.54) is 17.8 Å². The lowest BCUT2D eigenvalue weighted by Crippen LogP contribution is -2.30. The number of carbonyl (C=O) groups is 1. The minimum atomic E-state index is -3.90. The van der Waals surface area contributed by atoms with E-state index in [1.54, 1.807) is 26.0 Å². The smallest absolute Gasteiger partial charge is 0.241 e. The predicted molar refractivity (Wildman–Crippen MR) is 136 cm³/mol. The zero-order valence-corrected chi connectivity index (χ0v) is 21.2. The molecule has 3 aromatic rings. The quantitative estimate of drug-likeness (QED) is 0.405. The number of thioether (sulfide) groups is 1. The Morgan fingerprint density at radius 2 is 1.64 bits per heavy atom. The molecule has 0 fully saturated rings. The van der Waals surface area contributed by atoms with Crippen LogP contribution in [0.15, 0.2) is 76.5 Å². The van der Waals surface area contributed by atoms with Crippen LogP contribution in [-0.2, 0) is 14.8 Å². The van der Waals surface area contributed by atoms with Crippen LogP contribution in [0, 0.1) is 19.8 Å². The third-order valence-corrected chi connectivity index (χ3v) is 7.62. The van der Waals surface area contributed by atoms with Crippen molar-refractivity contribution in [2.75, 3.05) is 11.6 Å². The maximum absolute atomic E-state index is 13.5. The second-order valence-corrected chi connectivity index (χ2v) is 10.9. The van der Waals surface area contributed by atoms with Crippen molar-refractivity contribution >= 4 is 33.4 Å². The number of amides is 1. The SMILES string of the molecule is CSc1ccc(S(=O)(=O)N[C@H](c2ccccc2)c2ccc(C)cc2C)cc1NC(=O)C(C)C. The zero-order chi connectivity index (χ0) is 24.2. The highest BCUT2D eigenvalue weighted by molar-refractivity contribution is 7.98. The molecule has 33 heavy (non-hydrogen) atoms. The third-order valence-electron chi connectivity index (χ3n) is 5.41. The van der Waals surface area contributed by atoms with Crippen molar-refractivity contribution in [2.45, 2.75) is 43.5 Å². The Morgan fingerprint density at radius 1 is 0.939 bits per heavy atom. The first kappa shape index (κ1) is 25.0. The maximum atomic E-state index is 13.5. The van der Waals surface area contributed by atoms with Gasteiger partial charge in [0.2, 0.25) is 15.9 Å². The van der Waals surface area contributed by atoms with Gasteiger partial charge in [-0.15, -0.1) is 11.8 Å². The van der Waals surface area contributed by atoms with Crippen LogP contribution < -0.4 is 10.0 Å². The molecule has 7 heteroatoms. The normalized spacial score (nSPS) is 12.5. The fraction of sp³-hybridized carbons (Fsp3) is 0.269. The molecule has 0 heterocycles. The fourth-order valence-corrected chi connectivity index (χ4v) is 5.32. The molecule has 5 nitrogen and oxygen atoms in total. The van der Waals surface area contributed by atoms with Gasteiger partial charge < -0.3 is 5.32 Å². The van der Waals surface area contributed by atoms with Crippen molar-refractivity contribution in [1.29, 1.82) is 0 Å². The van der Waals surface area contributed by atoms with Crippen LogP contribution in [0.2, 0.25) is 0 Å². The van der Waals surface area contributed by atoms with Gasteiger partial charge in [0.05, 0.1) is 16.6 Å².